The van der Waals surface area contributed by atoms with Crippen LogP contribution in [0, 0.1) is 0 Å². The van der Waals surface area contributed by atoms with Gasteiger partial charge in [0.25, 0.3) is 5.91 Å². The van der Waals surface area contributed by atoms with Crippen molar-refractivity contribution >= 4 is 22.8 Å². The number of nitrogens with zero attached hydrogens (tertiary/aromatic N) is 1. The Hall–Kier alpha value is -4.39. The molecule has 0 radical (unpaired) electrons. The molecular weight excluding hydrogens is 434 g/mol. The zero-order valence-corrected chi connectivity index (χ0v) is 18.6. The number of rotatable bonds is 5. The minimum absolute atomic E-state index is 0.0410. The van der Waals surface area contributed by atoms with E-state index in [2.05, 4.69) is 0 Å². The Morgan fingerprint density at radius 1 is 0.941 bits per heavy atom. The van der Waals surface area contributed by atoms with Gasteiger partial charge in [0.15, 0.2) is 5.43 Å². The fraction of sp³-hybridized carbons (Fsp3) is 0.148. The molecule has 1 aliphatic rings. The van der Waals surface area contributed by atoms with Crippen LogP contribution in [0.1, 0.15) is 43.6 Å². The monoisotopic (exact) mass is 455 g/mol. The number of ether oxygens (including phenoxy) is 2. The quantitative estimate of drug-likeness (QED) is 0.416. The molecule has 1 unspecified atom stereocenters. The first kappa shape index (κ1) is 21.5. The summed E-state index contributed by atoms with van der Waals surface area (Å²) in [4.78, 5) is 40.6. The van der Waals surface area contributed by atoms with E-state index in [0.717, 1.165) is 5.56 Å². The topological polar surface area (TPSA) is 86.0 Å². The van der Waals surface area contributed by atoms with Gasteiger partial charge in [0, 0.05) is 6.54 Å². The molecule has 0 N–H and O–H groups in total. The van der Waals surface area contributed by atoms with Crippen LogP contribution in [0.15, 0.2) is 82.0 Å². The number of amides is 1. The lowest BCUT2D eigenvalue weighted by atomic mass is 9.97. The zero-order valence-electron chi connectivity index (χ0n) is 18.6. The Morgan fingerprint density at radius 2 is 1.65 bits per heavy atom. The summed E-state index contributed by atoms with van der Waals surface area (Å²) in [6.07, 6.45) is 0. The van der Waals surface area contributed by atoms with Crippen LogP contribution in [-0.2, 0) is 11.3 Å². The Kier molecular flexibility index (Phi) is 5.37. The number of methoxy groups -OCH3 is 2. The summed E-state index contributed by atoms with van der Waals surface area (Å²) in [6, 6.07) is 20.3. The first-order valence-corrected chi connectivity index (χ1v) is 10.7. The molecule has 0 saturated carbocycles. The Morgan fingerprint density at radius 3 is 2.32 bits per heavy atom. The van der Waals surface area contributed by atoms with E-state index in [4.69, 9.17) is 13.9 Å². The third-order valence-corrected chi connectivity index (χ3v) is 6.03. The van der Waals surface area contributed by atoms with E-state index in [1.54, 1.807) is 60.5 Å². The van der Waals surface area contributed by atoms with E-state index in [1.165, 1.54) is 7.11 Å². The van der Waals surface area contributed by atoms with Gasteiger partial charge < -0.3 is 18.8 Å². The highest BCUT2D eigenvalue weighted by Crippen LogP contribution is 2.39. The number of benzene rings is 3. The fourth-order valence-corrected chi connectivity index (χ4v) is 4.32. The van der Waals surface area contributed by atoms with Crippen molar-refractivity contribution in [1.82, 2.24) is 4.90 Å². The van der Waals surface area contributed by atoms with Crippen LogP contribution in [0.5, 0.6) is 5.75 Å². The van der Waals surface area contributed by atoms with Crippen molar-refractivity contribution in [3.05, 3.63) is 111 Å². The average Bonchev–Trinajstić information content (AvgIpc) is 3.15. The van der Waals surface area contributed by atoms with Gasteiger partial charge in [-0.15, -0.1) is 0 Å². The van der Waals surface area contributed by atoms with Gasteiger partial charge in [0.1, 0.15) is 11.3 Å². The average molecular weight is 455 g/mol. The second-order valence-electron chi connectivity index (χ2n) is 7.97. The van der Waals surface area contributed by atoms with E-state index < -0.39 is 12.0 Å². The van der Waals surface area contributed by atoms with Crippen LogP contribution in [-0.4, -0.2) is 31.0 Å². The Bertz CT molecular complexity index is 1450. The maximum Gasteiger partial charge on any atom is 0.337 e. The molecule has 5 rings (SSSR count). The summed E-state index contributed by atoms with van der Waals surface area (Å²) in [6.45, 7) is 0.256. The largest absolute Gasteiger partial charge is 0.497 e. The molecule has 0 spiro atoms. The van der Waals surface area contributed by atoms with Crippen LogP contribution >= 0.6 is 0 Å². The molecule has 1 atom stereocenters. The Balaban J connectivity index is 1.65. The molecular formula is C27H21NO6. The molecule has 34 heavy (non-hydrogen) atoms. The van der Waals surface area contributed by atoms with Crippen molar-refractivity contribution in [2.45, 2.75) is 12.6 Å². The number of para-hydroxylation sites is 1. The highest BCUT2D eigenvalue weighted by Gasteiger charge is 2.42. The van der Waals surface area contributed by atoms with Gasteiger partial charge in [0.05, 0.1) is 36.8 Å². The van der Waals surface area contributed by atoms with E-state index in [1.807, 2.05) is 24.3 Å². The first-order chi connectivity index (χ1) is 16.5. The van der Waals surface area contributed by atoms with Crippen molar-refractivity contribution in [1.29, 1.82) is 0 Å². The Labute approximate surface area is 195 Å². The van der Waals surface area contributed by atoms with Gasteiger partial charge in [-0.1, -0.05) is 36.4 Å². The van der Waals surface area contributed by atoms with E-state index in [0.29, 0.717) is 33.4 Å². The standard InChI is InChI=1S/C27H21NO6/c1-32-19-13-7-16(8-14-19)15-28-23(17-9-11-18(12-10-17)27(31)33-2)22-24(29)20-5-3-4-6-21(20)34-25(22)26(28)30/h3-14,23H,15H2,1-2H3. The second-order valence-corrected chi connectivity index (χ2v) is 7.97. The molecule has 7 heteroatoms. The van der Waals surface area contributed by atoms with Crippen molar-refractivity contribution in [2.75, 3.05) is 14.2 Å². The van der Waals surface area contributed by atoms with Crippen molar-refractivity contribution in [3.8, 4) is 5.75 Å². The zero-order chi connectivity index (χ0) is 23.8. The normalized spacial score (nSPS) is 14.8. The van der Waals surface area contributed by atoms with Gasteiger partial charge in [0.2, 0.25) is 5.76 Å². The highest BCUT2D eigenvalue weighted by molar-refractivity contribution is 5.99. The first-order valence-electron chi connectivity index (χ1n) is 10.7. The lowest BCUT2D eigenvalue weighted by Crippen LogP contribution is -2.29. The smallest absolute Gasteiger partial charge is 0.337 e. The predicted molar refractivity (Wildman–Crippen MR) is 125 cm³/mol. The fourth-order valence-electron chi connectivity index (χ4n) is 4.32. The number of fused-ring (bicyclic) bond motifs is 2. The van der Waals surface area contributed by atoms with Gasteiger partial charge in [-0.2, -0.15) is 0 Å². The minimum Gasteiger partial charge on any atom is -0.497 e. The van der Waals surface area contributed by atoms with Gasteiger partial charge in [-0.3, -0.25) is 9.59 Å². The van der Waals surface area contributed by atoms with Crippen LogP contribution in [0.4, 0.5) is 0 Å². The third-order valence-electron chi connectivity index (χ3n) is 6.03. The summed E-state index contributed by atoms with van der Waals surface area (Å²) in [5.41, 5.74) is 2.35. The number of hydrogen-bond donors (Lipinski definition) is 0. The van der Waals surface area contributed by atoms with E-state index in [9.17, 15) is 14.4 Å². The maximum absolute atomic E-state index is 13.5. The van der Waals surface area contributed by atoms with E-state index in [-0.39, 0.29) is 23.6 Å². The molecule has 4 aromatic rings. The van der Waals surface area contributed by atoms with E-state index >= 15 is 0 Å². The molecule has 0 bridgehead atoms. The molecule has 0 aliphatic carbocycles. The molecule has 0 saturated heterocycles. The maximum atomic E-state index is 13.5. The van der Waals surface area contributed by atoms with Crippen LogP contribution in [0.3, 0.4) is 0 Å². The summed E-state index contributed by atoms with van der Waals surface area (Å²) in [5.74, 6) is -0.0807. The predicted octanol–water partition coefficient (Wildman–Crippen LogP) is 4.33. The number of esters is 1. The SMILES string of the molecule is COC(=O)c1ccc(C2c3c(oc4ccccc4c3=O)C(=O)N2Cc2ccc(OC)cc2)cc1. The van der Waals surface area contributed by atoms with Crippen molar-refractivity contribution in [3.63, 3.8) is 0 Å². The van der Waals surface area contributed by atoms with Gasteiger partial charge in [-0.05, 0) is 47.5 Å². The molecule has 1 amide bonds. The van der Waals surface area contributed by atoms with Crippen molar-refractivity contribution in [2.24, 2.45) is 0 Å². The summed E-state index contributed by atoms with van der Waals surface area (Å²) < 4.78 is 16.0. The number of carbonyl (C=O) groups is 2. The lowest BCUT2D eigenvalue weighted by molar-refractivity contribution is 0.0599. The molecule has 1 aromatic heterocycles. The molecule has 0 fully saturated rings. The van der Waals surface area contributed by atoms with Gasteiger partial charge in [-0.25, -0.2) is 4.79 Å². The number of hydrogen-bond acceptors (Lipinski definition) is 6. The molecule has 2 heterocycles. The molecule has 7 nitrogen and oxygen atoms in total. The molecule has 3 aromatic carbocycles. The third kappa shape index (κ3) is 3.51. The second kappa shape index (κ2) is 8.51. The highest BCUT2D eigenvalue weighted by atomic mass is 16.5. The molecule has 170 valence electrons. The summed E-state index contributed by atoms with van der Waals surface area (Å²) >= 11 is 0. The van der Waals surface area contributed by atoms with Crippen LogP contribution < -0.4 is 10.2 Å². The van der Waals surface area contributed by atoms with Gasteiger partial charge >= 0.3 is 5.97 Å². The minimum atomic E-state index is -0.669. The lowest BCUT2D eigenvalue weighted by Gasteiger charge is -2.25. The molecule has 1 aliphatic heterocycles. The van der Waals surface area contributed by atoms with Crippen LogP contribution in [0.25, 0.3) is 11.0 Å². The number of carbonyl (C=O) groups excluding carboxylic acids is 2. The van der Waals surface area contributed by atoms with Crippen molar-refractivity contribution < 1.29 is 23.5 Å². The summed E-state index contributed by atoms with van der Waals surface area (Å²) in [7, 11) is 2.90. The summed E-state index contributed by atoms with van der Waals surface area (Å²) in [5, 5.41) is 0.413. The van der Waals surface area contributed by atoms with Crippen LogP contribution in [0.2, 0.25) is 0 Å².